The molecule has 18 heavy (non-hydrogen) atoms. The molecule has 2 rings (SSSR count). The van der Waals surface area contributed by atoms with Crippen molar-refractivity contribution in [3.8, 4) is 0 Å². The molecule has 1 saturated carbocycles. The summed E-state index contributed by atoms with van der Waals surface area (Å²) < 4.78 is 0. The van der Waals surface area contributed by atoms with E-state index in [2.05, 4.69) is 17.0 Å². The van der Waals surface area contributed by atoms with Gasteiger partial charge in [0.15, 0.2) is 0 Å². The molecule has 0 amide bonds. The van der Waals surface area contributed by atoms with Crippen LogP contribution in [0.25, 0.3) is 0 Å². The number of anilines is 1. The first-order chi connectivity index (χ1) is 8.83. The molecule has 2 unspecified atom stereocenters. The Morgan fingerprint density at radius 3 is 2.78 bits per heavy atom. The third-order valence-corrected chi connectivity index (χ3v) is 4.34. The maximum absolute atomic E-state index is 5.54. The zero-order valence-corrected chi connectivity index (χ0v) is 11.4. The Kier molecular flexibility index (Phi) is 4.90. The van der Waals surface area contributed by atoms with E-state index < -0.39 is 0 Å². The zero-order valence-electron chi connectivity index (χ0n) is 10.6. The fourth-order valence-electron chi connectivity index (χ4n) is 2.26. The zero-order chi connectivity index (χ0) is 12.8. The average Bonchev–Trinajstić information content (AvgIpc) is 2.86. The van der Waals surface area contributed by atoms with Gasteiger partial charge < -0.3 is 5.32 Å². The average molecular weight is 264 g/mol. The molecule has 0 spiro atoms. The molecule has 1 aromatic rings. The van der Waals surface area contributed by atoms with Gasteiger partial charge in [0.25, 0.3) is 0 Å². The number of rotatable bonds is 3. The first kappa shape index (κ1) is 13.2. The minimum Gasteiger partial charge on any atom is -0.325 e. The first-order valence-corrected chi connectivity index (χ1v) is 7.51. The molecule has 1 aliphatic carbocycles. The number of para-hydroxylation sites is 1. The van der Waals surface area contributed by atoms with Crippen molar-refractivity contribution in [2.75, 3.05) is 11.6 Å². The second-order valence-corrected chi connectivity index (χ2v) is 5.46. The van der Waals surface area contributed by atoms with E-state index in [1.54, 1.807) is 0 Å². The lowest BCUT2D eigenvalue weighted by Crippen LogP contribution is -2.38. The van der Waals surface area contributed by atoms with Crippen molar-refractivity contribution in [1.29, 1.82) is 0 Å². The number of hydrogen-bond donors (Lipinski definition) is 3. The summed E-state index contributed by atoms with van der Waals surface area (Å²) in [6.07, 6.45) is 5.80. The van der Waals surface area contributed by atoms with Crippen LogP contribution >= 0.6 is 11.8 Å². The van der Waals surface area contributed by atoms with Gasteiger partial charge in [-0.15, -0.1) is 0 Å². The van der Waals surface area contributed by atoms with Gasteiger partial charge in [-0.3, -0.25) is 5.43 Å². The monoisotopic (exact) mass is 264 g/mol. The van der Waals surface area contributed by atoms with Gasteiger partial charge in [0.1, 0.15) is 0 Å². The molecule has 0 bridgehead atoms. The highest BCUT2D eigenvalue weighted by atomic mass is 32.2. The highest BCUT2D eigenvalue weighted by Crippen LogP contribution is 2.30. The summed E-state index contributed by atoms with van der Waals surface area (Å²) in [7, 11) is 0. The largest absolute Gasteiger partial charge is 0.325 e. The summed E-state index contributed by atoms with van der Waals surface area (Å²) in [5, 5.41) is 3.82. The number of nitrogens with one attached hydrogen (secondary N) is 2. The lowest BCUT2D eigenvalue weighted by molar-refractivity contribution is 0.712. The van der Waals surface area contributed by atoms with Crippen molar-refractivity contribution in [3.63, 3.8) is 0 Å². The number of nitrogens with zero attached hydrogens (tertiary/aromatic N) is 1. The maximum Gasteiger partial charge on any atom is 0.210 e. The molecule has 4 nitrogen and oxygen atoms in total. The van der Waals surface area contributed by atoms with Crippen LogP contribution in [0, 0.1) is 0 Å². The Labute approximate surface area is 112 Å². The number of hydrazine groups is 1. The lowest BCUT2D eigenvalue weighted by Gasteiger charge is -2.16. The second kappa shape index (κ2) is 6.66. The van der Waals surface area contributed by atoms with Gasteiger partial charge in [-0.05, 0) is 31.2 Å². The van der Waals surface area contributed by atoms with Crippen LogP contribution in [0.2, 0.25) is 0 Å². The molecule has 0 radical (unpaired) electrons. The number of guanidine groups is 1. The molecule has 2 atom stereocenters. The van der Waals surface area contributed by atoms with Crippen molar-refractivity contribution < 1.29 is 0 Å². The Morgan fingerprint density at radius 1 is 1.33 bits per heavy atom. The molecular formula is C13H20N4S. The summed E-state index contributed by atoms with van der Waals surface area (Å²) in [6, 6.07) is 10.3. The van der Waals surface area contributed by atoms with Crippen molar-refractivity contribution in [3.05, 3.63) is 30.3 Å². The molecule has 1 aromatic carbocycles. The van der Waals surface area contributed by atoms with E-state index in [0.29, 0.717) is 17.3 Å². The van der Waals surface area contributed by atoms with Crippen molar-refractivity contribution in [2.45, 2.75) is 30.6 Å². The van der Waals surface area contributed by atoms with Gasteiger partial charge in [0.2, 0.25) is 5.96 Å². The second-order valence-electron chi connectivity index (χ2n) is 4.39. The van der Waals surface area contributed by atoms with E-state index in [1.165, 1.54) is 12.8 Å². The Bertz CT molecular complexity index is 393. The number of thioether (sulfide) groups is 1. The Hall–Kier alpha value is -1.20. The Balaban J connectivity index is 2.04. The van der Waals surface area contributed by atoms with E-state index >= 15 is 0 Å². The van der Waals surface area contributed by atoms with E-state index in [1.807, 2.05) is 42.1 Å². The van der Waals surface area contributed by atoms with E-state index in [0.717, 1.165) is 12.1 Å². The van der Waals surface area contributed by atoms with Gasteiger partial charge in [0.05, 0.1) is 6.04 Å². The highest BCUT2D eigenvalue weighted by molar-refractivity contribution is 7.99. The van der Waals surface area contributed by atoms with E-state index in [-0.39, 0.29) is 0 Å². The molecule has 0 aliphatic heterocycles. The quantitative estimate of drug-likeness (QED) is 0.339. The van der Waals surface area contributed by atoms with Crippen LogP contribution in [0.1, 0.15) is 19.3 Å². The van der Waals surface area contributed by atoms with E-state index in [9.17, 15) is 0 Å². The third-order valence-electron chi connectivity index (χ3n) is 3.19. The van der Waals surface area contributed by atoms with Gasteiger partial charge in [-0.25, -0.2) is 10.8 Å². The highest BCUT2D eigenvalue weighted by Gasteiger charge is 2.26. The van der Waals surface area contributed by atoms with Crippen LogP contribution in [0.4, 0.5) is 5.69 Å². The molecule has 0 aromatic heterocycles. The predicted octanol–water partition coefficient (Wildman–Crippen LogP) is 2.20. The summed E-state index contributed by atoms with van der Waals surface area (Å²) in [4.78, 5) is 4.69. The summed E-state index contributed by atoms with van der Waals surface area (Å²) in [5.74, 6) is 6.18. The Morgan fingerprint density at radius 2 is 2.11 bits per heavy atom. The molecular weight excluding hydrogens is 244 g/mol. The summed E-state index contributed by atoms with van der Waals surface area (Å²) in [5.41, 5.74) is 3.65. The van der Waals surface area contributed by atoms with Gasteiger partial charge >= 0.3 is 0 Å². The minimum absolute atomic E-state index is 0.363. The van der Waals surface area contributed by atoms with Crippen molar-refractivity contribution in [2.24, 2.45) is 10.8 Å². The van der Waals surface area contributed by atoms with Crippen LogP contribution in [0.5, 0.6) is 0 Å². The smallest absolute Gasteiger partial charge is 0.210 e. The number of aliphatic imine (C=N–C) groups is 1. The van der Waals surface area contributed by atoms with Crippen LogP contribution in [-0.2, 0) is 0 Å². The number of hydrogen-bond acceptors (Lipinski definition) is 3. The fraction of sp³-hybridized carbons (Fsp3) is 0.462. The number of nitrogens with two attached hydrogens (primary N) is 1. The number of benzene rings is 1. The fourth-order valence-corrected chi connectivity index (χ4v) is 3.17. The van der Waals surface area contributed by atoms with Crippen LogP contribution in [0.3, 0.4) is 0 Å². The molecule has 4 N–H and O–H groups in total. The van der Waals surface area contributed by atoms with Gasteiger partial charge in [-0.2, -0.15) is 11.8 Å². The molecule has 1 aliphatic rings. The molecule has 1 fully saturated rings. The van der Waals surface area contributed by atoms with E-state index in [4.69, 9.17) is 10.8 Å². The maximum atomic E-state index is 5.54. The lowest BCUT2D eigenvalue weighted by atomic mass is 10.2. The minimum atomic E-state index is 0.363. The van der Waals surface area contributed by atoms with Crippen molar-refractivity contribution >= 4 is 23.4 Å². The van der Waals surface area contributed by atoms with Crippen molar-refractivity contribution in [1.82, 2.24) is 5.43 Å². The molecule has 0 saturated heterocycles. The summed E-state index contributed by atoms with van der Waals surface area (Å²) >= 11 is 1.90. The van der Waals surface area contributed by atoms with Crippen LogP contribution < -0.4 is 16.6 Å². The summed E-state index contributed by atoms with van der Waals surface area (Å²) in [6.45, 7) is 0. The molecule has 5 heteroatoms. The SMILES string of the molecule is CSC1CCCC1N=C(NN)Nc1ccccc1. The molecule has 98 valence electrons. The predicted molar refractivity (Wildman–Crippen MR) is 79.8 cm³/mol. The van der Waals surface area contributed by atoms with Crippen LogP contribution in [-0.4, -0.2) is 23.5 Å². The first-order valence-electron chi connectivity index (χ1n) is 6.22. The topological polar surface area (TPSA) is 62.4 Å². The van der Waals surface area contributed by atoms with Gasteiger partial charge in [-0.1, -0.05) is 24.6 Å². The third kappa shape index (κ3) is 3.40. The van der Waals surface area contributed by atoms with Crippen LogP contribution in [0.15, 0.2) is 35.3 Å². The standard InChI is InChI=1S/C13H20N4S/c1-18-12-9-5-8-11(12)16-13(17-14)15-10-6-3-2-4-7-10/h2-4,6-7,11-12H,5,8-9,14H2,1H3,(H2,15,16,17). The van der Waals surface area contributed by atoms with Gasteiger partial charge in [0, 0.05) is 10.9 Å². The molecule has 0 heterocycles. The normalized spacial score (nSPS) is 24.0.